The largest absolute Gasteiger partial charge is 0.476 e. The summed E-state index contributed by atoms with van der Waals surface area (Å²) in [6, 6.07) is 0. The fourth-order valence-corrected chi connectivity index (χ4v) is 1.74. The van der Waals surface area contributed by atoms with E-state index in [1.807, 2.05) is 0 Å². The summed E-state index contributed by atoms with van der Waals surface area (Å²) in [5.74, 6) is -1.26. The fraction of sp³-hybridized carbons (Fsp3) is 0.444. The molecule has 1 heterocycles. The first-order valence-electron chi connectivity index (χ1n) is 4.54. The highest BCUT2D eigenvalue weighted by molar-refractivity contribution is 5.85. The van der Waals surface area contributed by atoms with Crippen LogP contribution in [0.3, 0.4) is 0 Å². The van der Waals surface area contributed by atoms with E-state index in [0.29, 0.717) is 12.0 Å². The predicted molar refractivity (Wildman–Crippen MR) is 48.5 cm³/mol. The van der Waals surface area contributed by atoms with Crippen molar-refractivity contribution in [3.8, 4) is 0 Å². The maximum absolute atomic E-state index is 11.6. The normalized spacial score (nSPS) is 14.9. The summed E-state index contributed by atoms with van der Waals surface area (Å²) in [4.78, 5) is 22.2. The number of aromatic nitrogens is 2. The van der Waals surface area contributed by atoms with Crippen LogP contribution in [0.4, 0.5) is 0 Å². The molecule has 5 nitrogen and oxygen atoms in total. The molecule has 0 aromatic carbocycles. The summed E-state index contributed by atoms with van der Waals surface area (Å²) >= 11 is 0. The number of carboxylic acid groups (broad SMARTS) is 1. The summed E-state index contributed by atoms with van der Waals surface area (Å²) in [6.45, 7) is 0. The van der Waals surface area contributed by atoms with E-state index in [4.69, 9.17) is 5.11 Å². The molecule has 2 rings (SSSR count). The van der Waals surface area contributed by atoms with E-state index in [1.165, 1.54) is 0 Å². The molecule has 1 aliphatic carbocycles. The van der Waals surface area contributed by atoms with Crippen molar-refractivity contribution in [2.45, 2.75) is 25.7 Å². The lowest BCUT2D eigenvalue weighted by atomic mass is 9.96. The van der Waals surface area contributed by atoms with Gasteiger partial charge in [-0.15, -0.1) is 0 Å². The van der Waals surface area contributed by atoms with Crippen molar-refractivity contribution in [2.24, 2.45) is 0 Å². The van der Waals surface area contributed by atoms with Gasteiger partial charge in [0.15, 0.2) is 0 Å². The number of rotatable bonds is 1. The topological polar surface area (TPSA) is 83.0 Å². The van der Waals surface area contributed by atoms with Gasteiger partial charge in [-0.05, 0) is 25.7 Å². The molecule has 0 saturated heterocycles. The van der Waals surface area contributed by atoms with E-state index in [9.17, 15) is 9.59 Å². The van der Waals surface area contributed by atoms with Crippen molar-refractivity contribution in [3.63, 3.8) is 0 Å². The lowest BCUT2D eigenvalue weighted by Crippen LogP contribution is -2.26. The first kappa shape index (κ1) is 8.93. The van der Waals surface area contributed by atoms with Gasteiger partial charge in [0.2, 0.25) is 11.1 Å². The van der Waals surface area contributed by atoms with Gasteiger partial charge in [0.05, 0.1) is 0 Å². The average Bonchev–Trinajstić information content (AvgIpc) is 2.18. The van der Waals surface area contributed by atoms with Gasteiger partial charge in [0.25, 0.3) is 0 Å². The highest BCUT2D eigenvalue weighted by Gasteiger charge is 2.19. The number of carboxylic acids is 1. The SMILES string of the molecule is O=C(O)c1n[nH]c2c(c1=O)CCCC2. The van der Waals surface area contributed by atoms with Gasteiger partial charge < -0.3 is 5.11 Å². The Morgan fingerprint density at radius 1 is 1.36 bits per heavy atom. The molecular weight excluding hydrogens is 184 g/mol. The van der Waals surface area contributed by atoms with Crippen LogP contribution in [-0.4, -0.2) is 21.3 Å². The molecule has 0 saturated carbocycles. The summed E-state index contributed by atoms with van der Waals surface area (Å²) in [6.07, 6.45) is 3.42. The molecule has 1 aliphatic rings. The van der Waals surface area contributed by atoms with Crippen molar-refractivity contribution >= 4 is 5.97 Å². The van der Waals surface area contributed by atoms with Crippen LogP contribution in [0.2, 0.25) is 0 Å². The summed E-state index contributed by atoms with van der Waals surface area (Å²) < 4.78 is 0. The predicted octanol–water partition coefficient (Wildman–Crippen LogP) is 0.347. The standard InChI is InChI=1S/C9H10N2O3/c12-8-5-3-1-2-4-6(5)10-11-7(8)9(13)14/h1-4H2,(H,10,12)(H,13,14). The van der Waals surface area contributed by atoms with Crippen molar-refractivity contribution < 1.29 is 9.90 Å². The summed E-state index contributed by atoms with van der Waals surface area (Å²) in [7, 11) is 0. The van der Waals surface area contributed by atoms with Crippen LogP contribution < -0.4 is 5.43 Å². The second kappa shape index (κ2) is 3.25. The molecule has 0 bridgehead atoms. The van der Waals surface area contributed by atoms with E-state index in [-0.39, 0.29) is 0 Å². The molecule has 1 aromatic rings. The first-order chi connectivity index (χ1) is 6.70. The van der Waals surface area contributed by atoms with Gasteiger partial charge in [0, 0.05) is 11.3 Å². The number of aromatic carboxylic acids is 1. The smallest absolute Gasteiger partial charge is 0.360 e. The molecule has 0 unspecified atom stereocenters. The highest BCUT2D eigenvalue weighted by atomic mass is 16.4. The minimum Gasteiger partial charge on any atom is -0.476 e. The molecule has 5 heteroatoms. The van der Waals surface area contributed by atoms with Crippen molar-refractivity contribution in [1.82, 2.24) is 10.2 Å². The second-order valence-corrected chi connectivity index (χ2v) is 3.37. The van der Waals surface area contributed by atoms with Crippen molar-refractivity contribution in [1.29, 1.82) is 0 Å². The molecular formula is C9H10N2O3. The Hall–Kier alpha value is -1.65. The maximum Gasteiger partial charge on any atom is 0.360 e. The van der Waals surface area contributed by atoms with Crippen LogP contribution in [-0.2, 0) is 12.8 Å². The number of hydrogen-bond donors (Lipinski definition) is 2. The zero-order valence-corrected chi connectivity index (χ0v) is 7.54. The van der Waals surface area contributed by atoms with Gasteiger partial charge in [-0.3, -0.25) is 9.89 Å². The third-order valence-electron chi connectivity index (χ3n) is 2.46. The van der Waals surface area contributed by atoms with E-state index in [0.717, 1.165) is 25.0 Å². The molecule has 1 aromatic heterocycles. The summed E-state index contributed by atoms with van der Waals surface area (Å²) in [5, 5.41) is 14.9. The number of hydrogen-bond acceptors (Lipinski definition) is 3. The molecule has 2 N–H and O–H groups in total. The van der Waals surface area contributed by atoms with Crippen LogP contribution in [0.25, 0.3) is 0 Å². The van der Waals surface area contributed by atoms with Crippen molar-refractivity contribution in [3.05, 3.63) is 27.2 Å². The van der Waals surface area contributed by atoms with E-state index in [1.54, 1.807) is 0 Å². The number of aryl methyl sites for hydroxylation is 1. The van der Waals surface area contributed by atoms with E-state index < -0.39 is 17.1 Å². The lowest BCUT2D eigenvalue weighted by Gasteiger charge is -2.13. The molecule has 0 amide bonds. The molecule has 14 heavy (non-hydrogen) atoms. The van der Waals surface area contributed by atoms with Crippen LogP contribution >= 0.6 is 0 Å². The molecule has 0 atom stereocenters. The molecule has 74 valence electrons. The lowest BCUT2D eigenvalue weighted by molar-refractivity contribution is 0.0687. The Balaban J connectivity index is 2.60. The van der Waals surface area contributed by atoms with Gasteiger partial charge >= 0.3 is 5.97 Å². The Kier molecular flexibility index (Phi) is 2.07. The van der Waals surface area contributed by atoms with Crippen LogP contribution in [0.15, 0.2) is 4.79 Å². The molecule has 0 radical (unpaired) electrons. The summed E-state index contributed by atoms with van der Waals surface area (Å²) in [5.41, 5.74) is 0.575. The van der Waals surface area contributed by atoms with Gasteiger partial charge in [-0.2, -0.15) is 5.10 Å². The minimum atomic E-state index is -1.26. The van der Waals surface area contributed by atoms with Gasteiger partial charge in [-0.1, -0.05) is 0 Å². The maximum atomic E-state index is 11.6. The number of nitrogens with one attached hydrogen (secondary N) is 1. The molecule has 0 fully saturated rings. The number of fused-ring (bicyclic) bond motifs is 1. The molecule has 0 aliphatic heterocycles. The number of aromatic amines is 1. The Labute approximate surface area is 79.8 Å². The second-order valence-electron chi connectivity index (χ2n) is 3.37. The third-order valence-corrected chi connectivity index (χ3v) is 2.46. The highest BCUT2D eigenvalue weighted by Crippen LogP contribution is 2.15. The van der Waals surface area contributed by atoms with E-state index in [2.05, 4.69) is 10.2 Å². The minimum absolute atomic E-state index is 0.398. The van der Waals surface area contributed by atoms with Gasteiger partial charge in [0.1, 0.15) is 0 Å². The Morgan fingerprint density at radius 3 is 2.79 bits per heavy atom. The quantitative estimate of drug-likeness (QED) is 0.675. The monoisotopic (exact) mass is 194 g/mol. The zero-order valence-electron chi connectivity index (χ0n) is 7.54. The fourth-order valence-electron chi connectivity index (χ4n) is 1.74. The van der Waals surface area contributed by atoms with Crippen LogP contribution in [0.5, 0.6) is 0 Å². The van der Waals surface area contributed by atoms with Gasteiger partial charge in [-0.25, -0.2) is 4.79 Å². The first-order valence-corrected chi connectivity index (χ1v) is 4.54. The number of nitrogens with zero attached hydrogens (tertiary/aromatic N) is 1. The van der Waals surface area contributed by atoms with Crippen LogP contribution in [0, 0.1) is 0 Å². The van der Waals surface area contributed by atoms with Crippen molar-refractivity contribution in [2.75, 3.05) is 0 Å². The van der Waals surface area contributed by atoms with E-state index >= 15 is 0 Å². The average molecular weight is 194 g/mol. The number of carbonyl (C=O) groups is 1. The Bertz CT molecular complexity index is 436. The Morgan fingerprint density at radius 2 is 2.07 bits per heavy atom. The van der Waals surface area contributed by atoms with Crippen LogP contribution in [0.1, 0.15) is 34.6 Å². The number of H-pyrrole nitrogens is 1. The third kappa shape index (κ3) is 1.30. The zero-order chi connectivity index (χ0) is 10.1. The molecule has 0 spiro atoms.